The molecule has 1 saturated carbocycles. The summed E-state index contributed by atoms with van der Waals surface area (Å²) in [6, 6.07) is 7.54. The van der Waals surface area contributed by atoms with E-state index in [9.17, 15) is 4.79 Å². The number of para-hydroxylation sites is 2. The van der Waals surface area contributed by atoms with Crippen LogP contribution in [0, 0.1) is 5.92 Å². The molecule has 0 aromatic heterocycles. The van der Waals surface area contributed by atoms with Crippen molar-refractivity contribution in [1.29, 1.82) is 0 Å². The van der Waals surface area contributed by atoms with Crippen LogP contribution in [-0.2, 0) is 4.79 Å². The Kier molecular flexibility index (Phi) is 4.20. The highest BCUT2D eigenvalue weighted by Crippen LogP contribution is 2.28. The summed E-state index contributed by atoms with van der Waals surface area (Å²) in [6.45, 7) is 1.33. The van der Waals surface area contributed by atoms with E-state index < -0.39 is 0 Å². The van der Waals surface area contributed by atoms with Crippen molar-refractivity contribution in [3.63, 3.8) is 0 Å². The lowest BCUT2D eigenvalue weighted by atomic mass is 10.2. The van der Waals surface area contributed by atoms with E-state index in [1.54, 1.807) is 19.1 Å². The van der Waals surface area contributed by atoms with Gasteiger partial charge in [-0.25, -0.2) is 0 Å². The predicted molar refractivity (Wildman–Crippen MR) is 72.0 cm³/mol. The number of methoxy groups -OCH3 is 1. The first-order chi connectivity index (χ1) is 8.72. The highest BCUT2D eigenvalue weighted by molar-refractivity contribution is 5.95. The number of amides is 1. The molecule has 0 aliphatic heterocycles. The molecule has 0 unspecified atom stereocenters. The van der Waals surface area contributed by atoms with E-state index in [1.807, 2.05) is 24.3 Å². The second kappa shape index (κ2) is 5.87. The monoisotopic (exact) mass is 248 g/mol. The van der Waals surface area contributed by atoms with Crippen LogP contribution in [0.3, 0.4) is 0 Å². The summed E-state index contributed by atoms with van der Waals surface area (Å²) in [4.78, 5) is 13.7. The maximum absolute atomic E-state index is 12.0. The van der Waals surface area contributed by atoms with Crippen LogP contribution < -0.4 is 15.0 Å². The van der Waals surface area contributed by atoms with E-state index in [0.29, 0.717) is 6.54 Å². The first-order valence-electron chi connectivity index (χ1n) is 6.32. The number of carbonyl (C=O) groups is 1. The molecule has 1 aromatic carbocycles. The topological polar surface area (TPSA) is 41.6 Å². The number of nitrogens with one attached hydrogen (secondary N) is 1. The average Bonchev–Trinajstić information content (AvgIpc) is 3.21. The van der Waals surface area contributed by atoms with Gasteiger partial charge in [0.2, 0.25) is 5.91 Å². The Balaban J connectivity index is 1.91. The van der Waals surface area contributed by atoms with E-state index in [1.165, 1.54) is 12.8 Å². The molecule has 2 rings (SSSR count). The molecule has 1 N–H and O–H groups in total. The van der Waals surface area contributed by atoms with Crippen molar-refractivity contribution >= 4 is 11.6 Å². The fraction of sp³-hybridized carbons (Fsp3) is 0.500. The van der Waals surface area contributed by atoms with E-state index in [2.05, 4.69) is 5.32 Å². The number of hydrogen-bond acceptors (Lipinski definition) is 3. The summed E-state index contributed by atoms with van der Waals surface area (Å²) in [5.41, 5.74) is 0.804. The summed E-state index contributed by atoms with van der Waals surface area (Å²) < 4.78 is 5.26. The van der Waals surface area contributed by atoms with Gasteiger partial charge in [0, 0.05) is 7.05 Å². The predicted octanol–water partition coefficient (Wildman–Crippen LogP) is 1.66. The SMILES string of the molecule is COc1ccccc1N(C)C(=O)CNCC1CC1. The maximum atomic E-state index is 12.0. The minimum atomic E-state index is 0.0557. The zero-order chi connectivity index (χ0) is 13.0. The maximum Gasteiger partial charge on any atom is 0.240 e. The molecule has 0 saturated heterocycles. The molecule has 98 valence electrons. The number of carbonyl (C=O) groups excluding carboxylic acids is 1. The van der Waals surface area contributed by atoms with Gasteiger partial charge in [-0.1, -0.05) is 12.1 Å². The van der Waals surface area contributed by atoms with Crippen LogP contribution in [0.4, 0.5) is 5.69 Å². The van der Waals surface area contributed by atoms with Crippen LogP contribution in [0.2, 0.25) is 0 Å². The zero-order valence-electron chi connectivity index (χ0n) is 11.0. The third-order valence-corrected chi connectivity index (χ3v) is 3.23. The highest BCUT2D eigenvalue weighted by Gasteiger charge is 2.21. The summed E-state index contributed by atoms with van der Waals surface area (Å²) in [7, 11) is 3.39. The van der Waals surface area contributed by atoms with Crippen molar-refractivity contribution < 1.29 is 9.53 Å². The smallest absolute Gasteiger partial charge is 0.240 e. The van der Waals surface area contributed by atoms with Crippen molar-refractivity contribution in [2.75, 3.05) is 32.1 Å². The van der Waals surface area contributed by atoms with E-state index in [4.69, 9.17) is 4.74 Å². The van der Waals surface area contributed by atoms with Crippen molar-refractivity contribution in [3.05, 3.63) is 24.3 Å². The Bertz CT molecular complexity index is 416. The summed E-state index contributed by atoms with van der Waals surface area (Å²) in [6.07, 6.45) is 2.59. The first-order valence-corrected chi connectivity index (χ1v) is 6.32. The largest absolute Gasteiger partial charge is 0.495 e. The second-order valence-corrected chi connectivity index (χ2v) is 4.70. The van der Waals surface area contributed by atoms with E-state index in [0.717, 1.165) is 23.9 Å². The zero-order valence-corrected chi connectivity index (χ0v) is 11.0. The van der Waals surface area contributed by atoms with Gasteiger partial charge < -0.3 is 15.0 Å². The fourth-order valence-electron chi connectivity index (χ4n) is 1.87. The lowest BCUT2D eigenvalue weighted by Crippen LogP contribution is -2.36. The molecule has 1 aliphatic rings. The molecule has 0 radical (unpaired) electrons. The third kappa shape index (κ3) is 3.23. The number of benzene rings is 1. The minimum absolute atomic E-state index is 0.0557. The van der Waals surface area contributed by atoms with Crippen LogP contribution in [0.5, 0.6) is 5.75 Å². The molecular formula is C14H20N2O2. The Morgan fingerprint density at radius 2 is 2.17 bits per heavy atom. The Morgan fingerprint density at radius 3 is 2.83 bits per heavy atom. The molecule has 0 bridgehead atoms. The number of rotatable bonds is 6. The number of hydrogen-bond donors (Lipinski definition) is 1. The quantitative estimate of drug-likeness (QED) is 0.832. The van der Waals surface area contributed by atoms with Gasteiger partial charge in [0.1, 0.15) is 5.75 Å². The van der Waals surface area contributed by atoms with Crippen LogP contribution in [0.1, 0.15) is 12.8 Å². The molecule has 1 fully saturated rings. The van der Waals surface area contributed by atoms with Gasteiger partial charge in [0.15, 0.2) is 0 Å². The van der Waals surface area contributed by atoms with Gasteiger partial charge in [-0.2, -0.15) is 0 Å². The average molecular weight is 248 g/mol. The second-order valence-electron chi connectivity index (χ2n) is 4.70. The summed E-state index contributed by atoms with van der Waals surface area (Å²) in [5.74, 6) is 1.56. The van der Waals surface area contributed by atoms with E-state index in [-0.39, 0.29) is 5.91 Å². The lowest BCUT2D eigenvalue weighted by molar-refractivity contribution is -0.117. The first kappa shape index (κ1) is 12.9. The van der Waals surface area contributed by atoms with Crippen molar-refractivity contribution in [2.45, 2.75) is 12.8 Å². The highest BCUT2D eigenvalue weighted by atomic mass is 16.5. The molecule has 0 heterocycles. The van der Waals surface area contributed by atoms with Crippen molar-refractivity contribution in [2.24, 2.45) is 5.92 Å². The number of anilines is 1. The molecule has 0 atom stereocenters. The molecule has 4 heteroatoms. The Labute approximate surface area is 108 Å². The molecule has 1 aromatic rings. The molecule has 1 amide bonds. The third-order valence-electron chi connectivity index (χ3n) is 3.23. The number of ether oxygens (including phenoxy) is 1. The summed E-state index contributed by atoms with van der Waals surface area (Å²) in [5, 5.41) is 3.20. The Hall–Kier alpha value is -1.55. The number of likely N-dealkylation sites (N-methyl/N-ethyl adjacent to an activating group) is 1. The number of nitrogens with zero attached hydrogens (tertiary/aromatic N) is 1. The van der Waals surface area contributed by atoms with Crippen LogP contribution in [-0.4, -0.2) is 33.2 Å². The van der Waals surface area contributed by atoms with Gasteiger partial charge in [-0.3, -0.25) is 4.79 Å². The van der Waals surface area contributed by atoms with Crippen molar-refractivity contribution in [3.8, 4) is 5.75 Å². The van der Waals surface area contributed by atoms with Crippen LogP contribution in [0.25, 0.3) is 0 Å². The molecule has 4 nitrogen and oxygen atoms in total. The molecule has 1 aliphatic carbocycles. The van der Waals surface area contributed by atoms with Gasteiger partial charge in [-0.05, 0) is 37.4 Å². The van der Waals surface area contributed by atoms with Crippen molar-refractivity contribution in [1.82, 2.24) is 5.32 Å². The van der Waals surface area contributed by atoms with E-state index >= 15 is 0 Å². The van der Waals surface area contributed by atoms with Gasteiger partial charge in [-0.15, -0.1) is 0 Å². The van der Waals surface area contributed by atoms with Crippen LogP contribution >= 0.6 is 0 Å². The Morgan fingerprint density at radius 1 is 1.44 bits per heavy atom. The van der Waals surface area contributed by atoms with Gasteiger partial charge >= 0.3 is 0 Å². The summed E-state index contributed by atoms with van der Waals surface area (Å²) >= 11 is 0. The van der Waals surface area contributed by atoms with Gasteiger partial charge in [0.25, 0.3) is 0 Å². The molecule has 18 heavy (non-hydrogen) atoms. The fourth-order valence-corrected chi connectivity index (χ4v) is 1.87. The minimum Gasteiger partial charge on any atom is -0.495 e. The standard InChI is InChI=1S/C14H20N2O2/c1-16(12-5-3-4-6-13(12)18-2)14(17)10-15-9-11-7-8-11/h3-6,11,15H,7-10H2,1-2H3. The van der Waals surface area contributed by atoms with Crippen LogP contribution in [0.15, 0.2) is 24.3 Å². The normalized spacial score (nSPS) is 14.3. The lowest BCUT2D eigenvalue weighted by Gasteiger charge is -2.20. The molecule has 0 spiro atoms. The van der Waals surface area contributed by atoms with Gasteiger partial charge in [0.05, 0.1) is 19.3 Å². The molecular weight excluding hydrogens is 228 g/mol.